The molecule has 6 bridgehead atoms. The third-order valence-electron chi connectivity index (χ3n) is 13.3. The van der Waals surface area contributed by atoms with Crippen molar-refractivity contribution < 1.29 is 0 Å². The highest BCUT2D eigenvalue weighted by atomic mass is 15.0. The Balaban J connectivity index is 1.04. The number of rotatable bonds is 9. The van der Waals surface area contributed by atoms with Crippen molar-refractivity contribution in [1.29, 1.82) is 0 Å². The van der Waals surface area contributed by atoms with E-state index in [0.717, 1.165) is 76.9 Å². The molecule has 7 saturated carbocycles. The van der Waals surface area contributed by atoms with Gasteiger partial charge in [0.25, 0.3) is 0 Å². The average molecular weight is 482 g/mol. The molecule has 0 heterocycles. The van der Waals surface area contributed by atoms with E-state index >= 15 is 0 Å². The first-order valence-corrected chi connectivity index (χ1v) is 15.3. The third kappa shape index (κ3) is 3.75. The molecule has 0 aromatic rings. The van der Waals surface area contributed by atoms with Crippen molar-refractivity contribution in [2.75, 3.05) is 13.1 Å². The van der Waals surface area contributed by atoms with Gasteiger partial charge in [0.2, 0.25) is 0 Å². The fourth-order valence-corrected chi connectivity index (χ4v) is 11.1. The second kappa shape index (κ2) is 8.06. The SMILES string of the molecule is C[C@H]1C2C=CC1C(C(C)(C)NCC1CC3C(C(C)(C)NCC4C5CC(C(C)(C)N)[C@H]4C5)C1[C@H]3C)C2. The Morgan fingerprint density at radius 3 is 2.09 bits per heavy atom. The normalized spacial score (nSPS) is 50.0. The van der Waals surface area contributed by atoms with E-state index in [1.165, 1.54) is 38.8 Å². The van der Waals surface area contributed by atoms with E-state index in [9.17, 15) is 0 Å². The van der Waals surface area contributed by atoms with Crippen LogP contribution in [-0.4, -0.2) is 29.7 Å². The largest absolute Gasteiger partial charge is 0.325 e. The zero-order chi connectivity index (χ0) is 25.1. The summed E-state index contributed by atoms with van der Waals surface area (Å²) in [5, 5.41) is 8.29. The predicted molar refractivity (Wildman–Crippen MR) is 147 cm³/mol. The van der Waals surface area contributed by atoms with Crippen LogP contribution in [0.1, 0.15) is 81.1 Å². The maximum Gasteiger partial charge on any atom is 0.0159 e. The number of nitrogens with two attached hydrogens (primary N) is 1. The van der Waals surface area contributed by atoms with Gasteiger partial charge >= 0.3 is 0 Å². The van der Waals surface area contributed by atoms with Crippen LogP contribution in [0.3, 0.4) is 0 Å². The van der Waals surface area contributed by atoms with E-state index in [4.69, 9.17) is 5.73 Å². The maximum absolute atomic E-state index is 6.55. The molecular formula is C32H55N3. The molecular weight excluding hydrogens is 426 g/mol. The first-order valence-electron chi connectivity index (χ1n) is 15.3. The van der Waals surface area contributed by atoms with E-state index in [1.807, 2.05) is 0 Å². The molecule has 4 N–H and O–H groups in total. The van der Waals surface area contributed by atoms with E-state index in [0.29, 0.717) is 0 Å². The minimum Gasteiger partial charge on any atom is -0.325 e. The highest BCUT2D eigenvalue weighted by Gasteiger charge is 2.63. The number of nitrogens with one attached hydrogen (secondary N) is 2. The number of hydrogen-bond donors (Lipinski definition) is 3. The van der Waals surface area contributed by atoms with Crippen molar-refractivity contribution in [3.8, 4) is 0 Å². The van der Waals surface area contributed by atoms with Gasteiger partial charge in [0, 0.05) is 16.6 Å². The van der Waals surface area contributed by atoms with Crippen LogP contribution in [0.2, 0.25) is 0 Å². The van der Waals surface area contributed by atoms with Crippen LogP contribution < -0.4 is 16.4 Å². The summed E-state index contributed by atoms with van der Waals surface area (Å²) in [5.74, 6) is 11.1. The standard InChI is InChI=1S/C32H55N3/c1-17-19-9-10-22(17)27(13-19)31(5,6)34-15-21-12-23-18(2)28(21)29(23)32(7,8)35-16-25-20-11-24(25)26(14-20)30(3,4)33/h9-10,17-29,34-35H,11-16,33H2,1-8H3/t17-,18-,19?,20?,21?,22?,23?,24-,25?,26?,27?,28?,29?/m0/s1. The second-order valence-corrected chi connectivity index (χ2v) is 16.1. The van der Waals surface area contributed by atoms with Gasteiger partial charge in [-0.3, -0.25) is 0 Å². The Morgan fingerprint density at radius 1 is 0.771 bits per heavy atom. The molecule has 13 atom stereocenters. The van der Waals surface area contributed by atoms with Gasteiger partial charge in [0.05, 0.1) is 0 Å². The summed E-state index contributed by atoms with van der Waals surface area (Å²) in [5.41, 5.74) is 7.04. The minimum absolute atomic E-state index is 0.00737. The molecule has 7 fully saturated rings. The van der Waals surface area contributed by atoms with Gasteiger partial charge in [-0.2, -0.15) is 0 Å². The average Bonchev–Trinajstić information content (AvgIpc) is 3.58. The molecule has 0 spiro atoms. The lowest BCUT2D eigenvalue weighted by atomic mass is 9.56. The molecule has 0 amide bonds. The van der Waals surface area contributed by atoms with E-state index < -0.39 is 0 Å². The van der Waals surface area contributed by atoms with E-state index in [2.05, 4.69) is 78.2 Å². The lowest BCUT2D eigenvalue weighted by Gasteiger charge is -2.53. The summed E-state index contributed by atoms with van der Waals surface area (Å²) >= 11 is 0. The molecule has 3 heteroatoms. The smallest absolute Gasteiger partial charge is 0.0159 e. The molecule has 0 radical (unpaired) electrons. The number of allylic oxidation sites excluding steroid dienone is 2. The van der Waals surface area contributed by atoms with Crippen molar-refractivity contribution in [3.63, 3.8) is 0 Å². The first-order chi connectivity index (χ1) is 16.3. The van der Waals surface area contributed by atoms with Gasteiger partial charge in [0.15, 0.2) is 0 Å². The number of fused-ring (bicyclic) bond motifs is 4. The fourth-order valence-electron chi connectivity index (χ4n) is 11.1. The molecule has 8 aliphatic rings. The van der Waals surface area contributed by atoms with Crippen molar-refractivity contribution in [2.45, 2.75) is 97.7 Å². The molecule has 8 aliphatic carbocycles. The summed E-state index contributed by atoms with van der Waals surface area (Å²) in [6, 6.07) is 0. The highest BCUT2D eigenvalue weighted by Crippen LogP contribution is 2.64. The summed E-state index contributed by atoms with van der Waals surface area (Å²) in [6.07, 6.45) is 10.7. The second-order valence-electron chi connectivity index (χ2n) is 16.1. The molecule has 35 heavy (non-hydrogen) atoms. The van der Waals surface area contributed by atoms with Crippen molar-refractivity contribution >= 4 is 0 Å². The third-order valence-corrected chi connectivity index (χ3v) is 13.3. The van der Waals surface area contributed by atoms with Crippen molar-refractivity contribution in [2.24, 2.45) is 82.7 Å². The van der Waals surface area contributed by atoms with Crippen molar-refractivity contribution in [3.05, 3.63) is 12.2 Å². The molecule has 0 aromatic carbocycles. The molecule has 10 unspecified atom stereocenters. The topological polar surface area (TPSA) is 50.1 Å². The lowest BCUT2D eigenvalue weighted by molar-refractivity contribution is -0.0214. The van der Waals surface area contributed by atoms with Crippen LogP contribution in [0.4, 0.5) is 0 Å². The predicted octanol–water partition coefficient (Wildman–Crippen LogP) is 5.71. The molecule has 0 aliphatic heterocycles. The van der Waals surface area contributed by atoms with Crippen LogP contribution in [0.15, 0.2) is 12.2 Å². The Kier molecular flexibility index (Phi) is 5.74. The summed E-state index contributed by atoms with van der Waals surface area (Å²) < 4.78 is 0. The summed E-state index contributed by atoms with van der Waals surface area (Å²) in [6.45, 7) is 22.0. The molecule has 3 nitrogen and oxygen atoms in total. The van der Waals surface area contributed by atoms with E-state index in [-0.39, 0.29) is 16.6 Å². The van der Waals surface area contributed by atoms with Crippen LogP contribution in [-0.2, 0) is 0 Å². The Labute approximate surface area is 216 Å². The minimum atomic E-state index is -0.00737. The van der Waals surface area contributed by atoms with Crippen LogP contribution in [0, 0.1) is 76.9 Å². The zero-order valence-electron chi connectivity index (χ0n) is 24.0. The van der Waals surface area contributed by atoms with E-state index in [1.54, 1.807) is 0 Å². The highest BCUT2D eigenvalue weighted by molar-refractivity contribution is 5.18. The summed E-state index contributed by atoms with van der Waals surface area (Å²) in [7, 11) is 0. The summed E-state index contributed by atoms with van der Waals surface area (Å²) in [4.78, 5) is 0. The first kappa shape index (κ1) is 24.9. The fraction of sp³-hybridized carbons (Fsp3) is 0.938. The van der Waals surface area contributed by atoms with Crippen LogP contribution >= 0.6 is 0 Å². The monoisotopic (exact) mass is 481 g/mol. The quantitative estimate of drug-likeness (QED) is 0.370. The van der Waals surface area contributed by atoms with Gasteiger partial charge in [0.1, 0.15) is 0 Å². The van der Waals surface area contributed by atoms with Gasteiger partial charge in [-0.25, -0.2) is 0 Å². The Bertz CT molecular complexity index is 851. The molecule has 0 aromatic heterocycles. The van der Waals surface area contributed by atoms with Gasteiger partial charge in [-0.05, 0) is 157 Å². The van der Waals surface area contributed by atoms with Crippen molar-refractivity contribution in [1.82, 2.24) is 10.6 Å². The van der Waals surface area contributed by atoms with Gasteiger partial charge in [-0.1, -0.05) is 26.0 Å². The zero-order valence-corrected chi connectivity index (χ0v) is 24.0. The Hall–Kier alpha value is -0.380. The molecule has 0 saturated heterocycles. The van der Waals surface area contributed by atoms with Crippen LogP contribution in [0.25, 0.3) is 0 Å². The van der Waals surface area contributed by atoms with Crippen LogP contribution in [0.5, 0.6) is 0 Å². The Morgan fingerprint density at radius 2 is 1.49 bits per heavy atom. The lowest BCUT2D eigenvalue weighted by Crippen LogP contribution is -2.60. The van der Waals surface area contributed by atoms with Gasteiger partial charge < -0.3 is 16.4 Å². The maximum atomic E-state index is 6.55. The molecule has 8 rings (SSSR count). The number of hydrogen-bond acceptors (Lipinski definition) is 3. The van der Waals surface area contributed by atoms with Gasteiger partial charge in [-0.15, -0.1) is 0 Å². The molecule has 198 valence electrons.